The molecule has 0 aromatic carbocycles. The van der Waals surface area contributed by atoms with Crippen LogP contribution in [0.5, 0.6) is 0 Å². The molecule has 1 unspecified atom stereocenters. The number of aliphatic hydroxyl groups is 2. The van der Waals surface area contributed by atoms with Crippen LogP contribution in [0.3, 0.4) is 0 Å². The van der Waals surface area contributed by atoms with E-state index in [0.29, 0.717) is 25.7 Å². The Hall–Kier alpha value is -2.18. The van der Waals surface area contributed by atoms with E-state index in [1.54, 1.807) is 6.08 Å². The van der Waals surface area contributed by atoms with Gasteiger partial charge in [0, 0.05) is 12.8 Å². The molecule has 0 spiro atoms. The molecule has 236 valence electrons. The van der Waals surface area contributed by atoms with E-state index in [2.05, 4.69) is 32.1 Å². The highest BCUT2D eigenvalue weighted by molar-refractivity contribution is 5.70. The van der Waals surface area contributed by atoms with E-state index in [-0.39, 0.29) is 25.6 Å². The second-order valence-electron chi connectivity index (χ2n) is 10.7. The number of ether oxygens (including phenoxy) is 2. The van der Waals surface area contributed by atoms with Crippen molar-refractivity contribution in [2.75, 3.05) is 13.2 Å². The lowest BCUT2D eigenvalue weighted by atomic mass is 10.1. The molecule has 2 N–H and O–H groups in total. The molecule has 0 bridgehead atoms. The summed E-state index contributed by atoms with van der Waals surface area (Å²) in [6, 6.07) is 0. The minimum Gasteiger partial charge on any atom is -0.462 e. The predicted molar refractivity (Wildman–Crippen MR) is 170 cm³/mol. The molecule has 0 amide bonds. The van der Waals surface area contributed by atoms with Gasteiger partial charge in [-0.25, -0.2) is 0 Å². The lowest BCUT2D eigenvalue weighted by Crippen LogP contribution is -2.28. The van der Waals surface area contributed by atoms with Crippen LogP contribution in [0.15, 0.2) is 48.6 Å². The monoisotopic (exact) mass is 576 g/mol. The number of aliphatic hydroxyl groups excluding tert-OH is 2. The first-order chi connectivity index (χ1) is 20.0. The average Bonchev–Trinajstić information content (AvgIpc) is 2.97. The van der Waals surface area contributed by atoms with Crippen molar-refractivity contribution in [3.05, 3.63) is 48.6 Å². The maximum atomic E-state index is 12.1. The fourth-order valence-corrected chi connectivity index (χ4v) is 4.15. The minimum absolute atomic E-state index is 0.115. The van der Waals surface area contributed by atoms with E-state index in [0.717, 1.165) is 32.1 Å². The minimum atomic E-state index is -0.828. The van der Waals surface area contributed by atoms with Gasteiger partial charge < -0.3 is 19.7 Å². The van der Waals surface area contributed by atoms with Crippen molar-refractivity contribution in [2.45, 2.75) is 148 Å². The Kier molecular flexibility index (Phi) is 29.1. The van der Waals surface area contributed by atoms with Gasteiger partial charge in [-0.15, -0.1) is 0 Å². The lowest BCUT2D eigenvalue weighted by molar-refractivity contribution is -0.161. The molecule has 0 aliphatic carbocycles. The Morgan fingerprint density at radius 2 is 1.29 bits per heavy atom. The molecule has 0 aliphatic rings. The van der Waals surface area contributed by atoms with Crippen molar-refractivity contribution in [3.63, 3.8) is 0 Å². The van der Waals surface area contributed by atoms with Crippen molar-refractivity contribution in [3.8, 4) is 0 Å². The largest absolute Gasteiger partial charge is 0.462 e. The molecule has 41 heavy (non-hydrogen) atoms. The van der Waals surface area contributed by atoms with Gasteiger partial charge >= 0.3 is 11.9 Å². The van der Waals surface area contributed by atoms with Gasteiger partial charge in [-0.3, -0.25) is 9.59 Å². The van der Waals surface area contributed by atoms with Crippen molar-refractivity contribution >= 4 is 11.9 Å². The Bertz CT molecular complexity index is 724. The van der Waals surface area contributed by atoms with Crippen molar-refractivity contribution < 1.29 is 29.3 Å². The van der Waals surface area contributed by atoms with Gasteiger partial charge in [-0.2, -0.15) is 0 Å². The summed E-state index contributed by atoms with van der Waals surface area (Å²) in [4.78, 5) is 24.0. The Morgan fingerprint density at radius 1 is 0.683 bits per heavy atom. The fourth-order valence-electron chi connectivity index (χ4n) is 4.15. The first-order valence-electron chi connectivity index (χ1n) is 16.3. The highest BCUT2D eigenvalue weighted by Crippen LogP contribution is 2.11. The zero-order valence-corrected chi connectivity index (χ0v) is 26.2. The topological polar surface area (TPSA) is 93.1 Å². The van der Waals surface area contributed by atoms with Crippen LogP contribution in [0.25, 0.3) is 0 Å². The normalized spacial score (nSPS) is 13.6. The van der Waals surface area contributed by atoms with Crippen LogP contribution in [-0.4, -0.2) is 47.6 Å². The number of carbonyl (C=O) groups is 2. The molecule has 2 atom stereocenters. The molecule has 0 aromatic rings. The highest BCUT2D eigenvalue weighted by Gasteiger charge is 2.15. The summed E-state index contributed by atoms with van der Waals surface area (Å²) in [5, 5.41) is 19.5. The van der Waals surface area contributed by atoms with E-state index in [1.807, 2.05) is 24.3 Å². The maximum Gasteiger partial charge on any atom is 0.306 e. The van der Waals surface area contributed by atoms with Crippen LogP contribution in [0, 0.1) is 0 Å². The van der Waals surface area contributed by atoms with E-state index >= 15 is 0 Å². The molecule has 0 aliphatic heterocycles. The number of unbranched alkanes of at least 4 members (excludes halogenated alkanes) is 12. The van der Waals surface area contributed by atoms with Gasteiger partial charge in [0.25, 0.3) is 0 Å². The molecule has 0 radical (unpaired) electrons. The Morgan fingerprint density at radius 3 is 2.00 bits per heavy atom. The summed E-state index contributed by atoms with van der Waals surface area (Å²) < 4.78 is 10.4. The zero-order chi connectivity index (χ0) is 30.2. The number of hydrogen-bond acceptors (Lipinski definition) is 6. The molecule has 0 aromatic heterocycles. The van der Waals surface area contributed by atoms with Crippen LogP contribution in [-0.2, 0) is 19.1 Å². The van der Waals surface area contributed by atoms with Crippen molar-refractivity contribution in [1.82, 2.24) is 0 Å². The molecule has 0 rings (SSSR count). The Labute approximate surface area is 251 Å². The second-order valence-corrected chi connectivity index (χ2v) is 10.7. The third kappa shape index (κ3) is 29.1. The standard InChI is InChI=1S/C35H60O6/c1-3-5-7-9-11-13-15-18-22-26-32(37)27-23-19-17-21-25-29-35(39)41-33(30-36)31-40-34(38)28-24-20-16-14-12-10-8-6-4-2/h11,13,17-19,22-23,27,32-33,36-37H,3-10,12,14-16,20-21,24-26,28-31H2,1-2H3/b13-11-,19-17+,22-18-,27-23-/t32?,33-/m0/s1. The van der Waals surface area contributed by atoms with Gasteiger partial charge in [0.05, 0.1) is 12.7 Å². The fraction of sp³-hybridized carbons (Fsp3) is 0.714. The van der Waals surface area contributed by atoms with Gasteiger partial charge in [0.1, 0.15) is 6.61 Å². The van der Waals surface area contributed by atoms with Crippen LogP contribution >= 0.6 is 0 Å². The summed E-state index contributed by atoms with van der Waals surface area (Å²) in [5.74, 6) is -0.729. The summed E-state index contributed by atoms with van der Waals surface area (Å²) in [7, 11) is 0. The molecule has 6 heteroatoms. The average molecular weight is 577 g/mol. The third-order valence-corrected chi connectivity index (χ3v) is 6.71. The molecule has 0 saturated carbocycles. The van der Waals surface area contributed by atoms with Gasteiger partial charge in [-0.05, 0) is 44.9 Å². The molecule has 6 nitrogen and oxygen atoms in total. The van der Waals surface area contributed by atoms with Crippen LogP contribution in [0.2, 0.25) is 0 Å². The maximum absolute atomic E-state index is 12.1. The van der Waals surface area contributed by atoms with Gasteiger partial charge in [0.2, 0.25) is 0 Å². The first-order valence-corrected chi connectivity index (χ1v) is 16.3. The van der Waals surface area contributed by atoms with Crippen LogP contribution < -0.4 is 0 Å². The van der Waals surface area contributed by atoms with E-state index in [4.69, 9.17) is 9.47 Å². The SMILES string of the molecule is CCCCC/C=C\C/C=C\CC(O)/C=C\C=C\CCCC(=O)O[C@@H](CO)COC(=O)CCCCCCCCCCC. The molecular weight excluding hydrogens is 516 g/mol. The summed E-state index contributed by atoms with van der Waals surface area (Å²) >= 11 is 0. The number of hydrogen-bond donors (Lipinski definition) is 2. The smallest absolute Gasteiger partial charge is 0.306 e. The number of carbonyl (C=O) groups excluding carboxylic acids is 2. The lowest BCUT2D eigenvalue weighted by Gasteiger charge is -2.15. The zero-order valence-electron chi connectivity index (χ0n) is 26.2. The second kappa shape index (κ2) is 30.8. The molecule has 0 saturated heterocycles. The quantitative estimate of drug-likeness (QED) is 0.0420. The van der Waals surface area contributed by atoms with Crippen LogP contribution in [0.1, 0.15) is 136 Å². The summed E-state index contributed by atoms with van der Waals surface area (Å²) in [6.07, 6.45) is 33.4. The van der Waals surface area contributed by atoms with Crippen LogP contribution in [0.4, 0.5) is 0 Å². The number of allylic oxidation sites excluding steroid dienone is 6. The van der Waals surface area contributed by atoms with Gasteiger partial charge in [0.15, 0.2) is 6.10 Å². The molecular formula is C35H60O6. The summed E-state index contributed by atoms with van der Waals surface area (Å²) in [5.41, 5.74) is 0. The van der Waals surface area contributed by atoms with Crippen molar-refractivity contribution in [1.29, 1.82) is 0 Å². The highest BCUT2D eigenvalue weighted by atomic mass is 16.6. The van der Waals surface area contributed by atoms with E-state index in [1.165, 1.54) is 57.8 Å². The Balaban J connectivity index is 3.85. The molecule has 0 fully saturated rings. The number of rotatable bonds is 28. The predicted octanol–water partition coefficient (Wildman–Crippen LogP) is 8.47. The van der Waals surface area contributed by atoms with Crippen molar-refractivity contribution in [2.24, 2.45) is 0 Å². The number of esters is 2. The third-order valence-electron chi connectivity index (χ3n) is 6.71. The van der Waals surface area contributed by atoms with Gasteiger partial charge in [-0.1, -0.05) is 127 Å². The molecule has 0 heterocycles. The summed E-state index contributed by atoms with van der Waals surface area (Å²) in [6.45, 7) is 3.93. The van der Waals surface area contributed by atoms with E-state index in [9.17, 15) is 19.8 Å². The van der Waals surface area contributed by atoms with E-state index < -0.39 is 18.2 Å². The first kappa shape index (κ1) is 38.8.